The first-order chi connectivity index (χ1) is 8.80. The lowest BCUT2D eigenvalue weighted by molar-refractivity contribution is 0.174. The van der Waals surface area contributed by atoms with E-state index in [0.717, 1.165) is 13.1 Å². The highest BCUT2D eigenvalue weighted by Crippen LogP contribution is 2.23. The topological polar surface area (TPSA) is 21.3 Å². The Morgan fingerprint density at radius 1 is 1.37 bits per heavy atom. The van der Waals surface area contributed by atoms with Gasteiger partial charge in [0.15, 0.2) is 0 Å². The van der Waals surface area contributed by atoms with Crippen molar-refractivity contribution < 1.29 is 9.13 Å². The quantitative estimate of drug-likeness (QED) is 0.806. The Bertz CT molecular complexity index is 407. The van der Waals surface area contributed by atoms with Crippen LogP contribution in [0.5, 0.6) is 5.75 Å². The molecule has 0 aliphatic carbocycles. The number of rotatable bonds is 7. The largest absolute Gasteiger partial charge is 0.493 e. The Morgan fingerprint density at radius 2 is 2.05 bits per heavy atom. The lowest BCUT2D eigenvalue weighted by Gasteiger charge is -2.25. The second-order valence-corrected chi connectivity index (χ2v) is 6.91. The Morgan fingerprint density at radius 3 is 2.63 bits per heavy atom. The van der Waals surface area contributed by atoms with Crippen molar-refractivity contribution in [2.45, 2.75) is 27.7 Å². The van der Waals surface area contributed by atoms with Crippen LogP contribution in [0.15, 0.2) is 22.7 Å². The standard InChI is InChI=1S/C15H23BrFNO/c1-11(2)8-18-9-15(3,4)10-19-12-5-6-13(16)14(17)7-12/h5-7,11,18H,8-10H2,1-4H3. The highest BCUT2D eigenvalue weighted by atomic mass is 79.9. The summed E-state index contributed by atoms with van der Waals surface area (Å²) in [7, 11) is 0. The molecular formula is C15H23BrFNO. The summed E-state index contributed by atoms with van der Waals surface area (Å²) in [6, 6.07) is 4.83. The third kappa shape index (κ3) is 6.39. The summed E-state index contributed by atoms with van der Waals surface area (Å²) in [6.07, 6.45) is 0. The first kappa shape index (κ1) is 16.4. The van der Waals surface area contributed by atoms with E-state index in [1.807, 2.05) is 0 Å². The number of hydrogen-bond acceptors (Lipinski definition) is 2. The molecule has 2 nitrogen and oxygen atoms in total. The summed E-state index contributed by atoms with van der Waals surface area (Å²) in [5, 5.41) is 3.42. The number of benzene rings is 1. The van der Waals surface area contributed by atoms with Crippen molar-refractivity contribution in [3.8, 4) is 5.75 Å². The van der Waals surface area contributed by atoms with Crippen LogP contribution in [0.3, 0.4) is 0 Å². The molecule has 1 aromatic carbocycles. The minimum Gasteiger partial charge on any atom is -0.493 e. The Hall–Kier alpha value is -0.610. The van der Waals surface area contributed by atoms with Crippen molar-refractivity contribution in [2.75, 3.05) is 19.7 Å². The first-order valence-electron chi connectivity index (χ1n) is 6.59. The maximum absolute atomic E-state index is 13.4. The van der Waals surface area contributed by atoms with Gasteiger partial charge in [-0.3, -0.25) is 0 Å². The van der Waals surface area contributed by atoms with Gasteiger partial charge in [-0.15, -0.1) is 0 Å². The zero-order valence-electron chi connectivity index (χ0n) is 12.1. The fourth-order valence-corrected chi connectivity index (χ4v) is 1.84. The maximum atomic E-state index is 13.4. The fourth-order valence-electron chi connectivity index (χ4n) is 1.60. The first-order valence-corrected chi connectivity index (χ1v) is 7.38. The van der Waals surface area contributed by atoms with Gasteiger partial charge in [0.25, 0.3) is 0 Å². The van der Waals surface area contributed by atoms with Gasteiger partial charge in [0.05, 0.1) is 11.1 Å². The molecule has 1 N–H and O–H groups in total. The normalized spacial score (nSPS) is 11.9. The molecule has 0 amide bonds. The van der Waals surface area contributed by atoms with E-state index in [2.05, 4.69) is 48.9 Å². The molecule has 0 fully saturated rings. The molecule has 0 bridgehead atoms. The van der Waals surface area contributed by atoms with Crippen molar-refractivity contribution in [1.29, 1.82) is 0 Å². The molecule has 0 radical (unpaired) electrons. The lowest BCUT2D eigenvalue weighted by atomic mass is 9.94. The average molecular weight is 332 g/mol. The van der Waals surface area contributed by atoms with E-state index in [4.69, 9.17) is 4.74 Å². The van der Waals surface area contributed by atoms with Gasteiger partial charge in [-0.05, 0) is 40.5 Å². The van der Waals surface area contributed by atoms with Gasteiger partial charge in [0.1, 0.15) is 11.6 Å². The number of ether oxygens (including phenoxy) is 1. The molecule has 0 saturated carbocycles. The molecule has 108 valence electrons. The average Bonchev–Trinajstić information content (AvgIpc) is 2.30. The molecule has 0 heterocycles. The number of nitrogens with one attached hydrogen (secondary N) is 1. The van der Waals surface area contributed by atoms with Crippen LogP contribution in [0.2, 0.25) is 0 Å². The van der Waals surface area contributed by atoms with Crippen LogP contribution < -0.4 is 10.1 Å². The summed E-state index contributed by atoms with van der Waals surface area (Å²) >= 11 is 3.13. The second kappa shape index (κ2) is 7.25. The summed E-state index contributed by atoms with van der Waals surface area (Å²) in [5.41, 5.74) is 0.0123. The van der Waals surface area contributed by atoms with Gasteiger partial charge >= 0.3 is 0 Å². The predicted octanol–water partition coefficient (Wildman–Crippen LogP) is 4.24. The van der Waals surface area contributed by atoms with Crippen molar-refractivity contribution in [3.63, 3.8) is 0 Å². The molecule has 19 heavy (non-hydrogen) atoms. The van der Waals surface area contributed by atoms with Crippen LogP contribution in [0.4, 0.5) is 4.39 Å². The lowest BCUT2D eigenvalue weighted by Crippen LogP contribution is -2.35. The van der Waals surface area contributed by atoms with Gasteiger partial charge in [-0.1, -0.05) is 27.7 Å². The van der Waals surface area contributed by atoms with E-state index in [1.54, 1.807) is 12.1 Å². The van der Waals surface area contributed by atoms with Crippen LogP contribution >= 0.6 is 15.9 Å². The number of hydrogen-bond donors (Lipinski definition) is 1. The van der Waals surface area contributed by atoms with Gasteiger partial charge in [-0.2, -0.15) is 0 Å². The van der Waals surface area contributed by atoms with Crippen molar-refractivity contribution in [1.82, 2.24) is 5.32 Å². The number of halogens is 2. The molecule has 4 heteroatoms. The van der Waals surface area contributed by atoms with Gasteiger partial charge in [0, 0.05) is 18.0 Å². The smallest absolute Gasteiger partial charge is 0.141 e. The molecule has 0 aromatic heterocycles. The molecule has 1 rings (SSSR count). The molecule has 0 atom stereocenters. The molecule has 1 aromatic rings. The highest BCUT2D eigenvalue weighted by Gasteiger charge is 2.19. The van der Waals surface area contributed by atoms with E-state index in [9.17, 15) is 4.39 Å². The Labute approximate surface area is 123 Å². The van der Waals surface area contributed by atoms with Crippen LogP contribution in [-0.2, 0) is 0 Å². The Kier molecular flexibility index (Phi) is 6.27. The third-order valence-electron chi connectivity index (χ3n) is 2.68. The van der Waals surface area contributed by atoms with Crippen molar-refractivity contribution in [3.05, 3.63) is 28.5 Å². The van der Waals surface area contributed by atoms with Crippen molar-refractivity contribution >= 4 is 15.9 Å². The van der Waals surface area contributed by atoms with Gasteiger partial charge in [0.2, 0.25) is 0 Å². The molecule has 0 unspecified atom stereocenters. The van der Waals surface area contributed by atoms with Crippen molar-refractivity contribution in [2.24, 2.45) is 11.3 Å². The third-order valence-corrected chi connectivity index (χ3v) is 3.32. The molecule has 0 spiro atoms. The van der Waals surface area contributed by atoms with Crippen LogP contribution in [0.25, 0.3) is 0 Å². The maximum Gasteiger partial charge on any atom is 0.141 e. The minimum absolute atomic E-state index is 0.0123. The summed E-state index contributed by atoms with van der Waals surface area (Å²) in [5.74, 6) is 0.906. The van der Waals surface area contributed by atoms with E-state index in [0.29, 0.717) is 22.7 Å². The van der Waals surface area contributed by atoms with Crippen LogP contribution in [0.1, 0.15) is 27.7 Å². The zero-order valence-corrected chi connectivity index (χ0v) is 13.7. The Balaban J connectivity index is 2.43. The van der Waals surface area contributed by atoms with E-state index < -0.39 is 0 Å². The SMILES string of the molecule is CC(C)CNCC(C)(C)COc1ccc(Br)c(F)c1. The predicted molar refractivity (Wildman–Crippen MR) is 81.1 cm³/mol. The summed E-state index contributed by atoms with van der Waals surface area (Å²) in [6.45, 7) is 11.1. The molecule has 0 aliphatic rings. The monoisotopic (exact) mass is 331 g/mol. The molecular weight excluding hydrogens is 309 g/mol. The van der Waals surface area contributed by atoms with Crippen LogP contribution in [-0.4, -0.2) is 19.7 Å². The minimum atomic E-state index is -0.298. The molecule has 0 aliphatic heterocycles. The summed E-state index contributed by atoms with van der Waals surface area (Å²) < 4.78 is 19.5. The van der Waals surface area contributed by atoms with E-state index in [-0.39, 0.29) is 11.2 Å². The zero-order chi connectivity index (χ0) is 14.5. The highest BCUT2D eigenvalue weighted by molar-refractivity contribution is 9.10. The molecule has 0 saturated heterocycles. The van der Waals surface area contributed by atoms with Gasteiger partial charge in [-0.25, -0.2) is 4.39 Å². The fraction of sp³-hybridized carbons (Fsp3) is 0.600. The van der Waals surface area contributed by atoms with E-state index >= 15 is 0 Å². The van der Waals surface area contributed by atoms with Crippen LogP contribution in [0, 0.1) is 17.2 Å². The van der Waals surface area contributed by atoms with Gasteiger partial charge < -0.3 is 10.1 Å². The second-order valence-electron chi connectivity index (χ2n) is 6.05. The van der Waals surface area contributed by atoms with E-state index in [1.165, 1.54) is 6.07 Å². The summed E-state index contributed by atoms with van der Waals surface area (Å²) in [4.78, 5) is 0.